The largest absolute Gasteiger partial charge is 0.309 e. The van der Waals surface area contributed by atoms with E-state index in [-0.39, 0.29) is 12.0 Å². The minimum absolute atomic E-state index is 0.0833. The second-order valence-electron chi connectivity index (χ2n) is 6.58. The molecule has 4 rings (SSSR count). The van der Waals surface area contributed by atoms with Gasteiger partial charge in [0.15, 0.2) is 5.78 Å². The highest BCUT2D eigenvalue weighted by Gasteiger charge is 2.45. The summed E-state index contributed by atoms with van der Waals surface area (Å²) >= 11 is 2.33. The van der Waals surface area contributed by atoms with Gasteiger partial charge in [-0.3, -0.25) is 9.69 Å². The van der Waals surface area contributed by atoms with Gasteiger partial charge in [0.2, 0.25) is 0 Å². The van der Waals surface area contributed by atoms with E-state index in [1.165, 1.54) is 9.13 Å². The molecule has 0 amide bonds. The summed E-state index contributed by atoms with van der Waals surface area (Å²) in [5, 5.41) is 0. The van der Waals surface area contributed by atoms with Gasteiger partial charge in [-0.25, -0.2) is 0 Å². The summed E-state index contributed by atoms with van der Waals surface area (Å²) in [6.45, 7) is 3.12. The molecule has 3 aliphatic rings. The maximum Gasteiger partial charge on any atom is 0.153 e. The number of piperidine rings is 3. The first kappa shape index (κ1) is 15.4. The number of carbonyl (C=O) groups is 1. The van der Waals surface area contributed by atoms with Gasteiger partial charge < -0.3 is 4.90 Å². The van der Waals surface area contributed by atoms with Crippen LogP contribution in [-0.4, -0.2) is 55.4 Å². The van der Waals surface area contributed by atoms with Crippen molar-refractivity contribution >= 4 is 28.4 Å². The van der Waals surface area contributed by atoms with Crippen LogP contribution >= 0.6 is 22.6 Å². The lowest BCUT2D eigenvalue weighted by Gasteiger charge is -2.47. The van der Waals surface area contributed by atoms with E-state index >= 15 is 0 Å². The molecule has 0 aliphatic carbocycles. The molecule has 2 atom stereocenters. The summed E-state index contributed by atoms with van der Waals surface area (Å²) in [5.74, 6) is 1.08. The number of rotatable bonds is 4. The second kappa shape index (κ2) is 6.34. The average Bonchev–Trinajstić information content (AvgIpc) is 2.47. The lowest BCUT2D eigenvalue weighted by molar-refractivity contribution is -0.138. The molecule has 1 aromatic rings. The summed E-state index contributed by atoms with van der Waals surface area (Å²) in [6.07, 6.45) is 2.13. The topological polar surface area (TPSA) is 23.6 Å². The van der Waals surface area contributed by atoms with E-state index in [0.29, 0.717) is 11.7 Å². The van der Waals surface area contributed by atoms with Gasteiger partial charge in [0.25, 0.3) is 0 Å². The van der Waals surface area contributed by atoms with Gasteiger partial charge in [-0.2, -0.15) is 0 Å². The smallest absolute Gasteiger partial charge is 0.153 e. The van der Waals surface area contributed by atoms with Crippen LogP contribution in [0.15, 0.2) is 24.3 Å². The Bertz CT molecular complexity index is 506. The van der Waals surface area contributed by atoms with Crippen molar-refractivity contribution in [2.45, 2.75) is 24.8 Å². The lowest BCUT2D eigenvalue weighted by atomic mass is 9.75. The Hall–Kier alpha value is -0.460. The molecule has 114 valence electrons. The molecule has 2 unspecified atom stereocenters. The van der Waals surface area contributed by atoms with E-state index in [4.69, 9.17) is 0 Å². The molecule has 0 saturated carbocycles. The number of carbonyl (C=O) groups excluding carboxylic acids is 1. The van der Waals surface area contributed by atoms with Crippen LogP contribution in [0.25, 0.3) is 0 Å². The zero-order valence-corrected chi connectivity index (χ0v) is 14.9. The predicted molar refractivity (Wildman–Crippen MR) is 93.5 cm³/mol. The molecule has 1 aromatic carbocycles. The highest BCUT2D eigenvalue weighted by molar-refractivity contribution is 14.1. The highest BCUT2D eigenvalue weighted by Crippen LogP contribution is 2.36. The summed E-state index contributed by atoms with van der Waals surface area (Å²) in [7, 11) is 4.20. The summed E-state index contributed by atoms with van der Waals surface area (Å²) in [5.41, 5.74) is 1.30. The quantitative estimate of drug-likeness (QED) is 0.729. The van der Waals surface area contributed by atoms with Gasteiger partial charge in [-0.05, 0) is 80.3 Å². The van der Waals surface area contributed by atoms with Crippen LogP contribution < -0.4 is 0 Å². The van der Waals surface area contributed by atoms with Gasteiger partial charge in [-0.1, -0.05) is 12.1 Å². The molecule has 2 bridgehead atoms. The number of likely N-dealkylation sites (N-methyl/N-ethyl adjacent to an activating group) is 1. The van der Waals surface area contributed by atoms with Gasteiger partial charge >= 0.3 is 0 Å². The van der Waals surface area contributed by atoms with Gasteiger partial charge in [-0.15, -0.1) is 0 Å². The number of benzene rings is 1. The normalized spacial score (nSPS) is 29.9. The van der Waals surface area contributed by atoms with E-state index < -0.39 is 0 Å². The summed E-state index contributed by atoms with van der Waals surface area (Å²) < 4.78 is 1.25. The molecular weight excluding hydrogens is 375 g/mol. The Morgan fingerprint density at radius 1 is 1.24 bits per heavy atom. The van der Waals surface area contributed by atoms with Crippen molar-refractivity contribution in [3.05, 3.63) is 33.4 Å². The highest BCUT2D eigenvalue weighted by atomic mass is 127. The summed E-state index contributed by atoms with van der Waals surface area (Å²) in [6, 6.07) is 8.79. The molecule has 0 radical (unpaired) electrons. The van der Waals surface area contributed by atoms with Gasteiger partial charge in [0, 0.05) is 22.0 Å². The number of halogens is 1. The van der Waals surface area contributed by atoms with Crippen molar-refractivity contribution in [2.24, 2.45) is 5.92 Å². The third kappa shape index (κ3) is 3.17. The maximum atomic E-state index is 12.8. The van der Waals surface area contributed by atoms with Crippen molar-refractivity contribution in [1.29, 1.82) is 0 Å². The molecule has 4 heteroatoms. The first-order valence-electron chi connectivity index (χ1n) is 7.74. The Labute approximate surface area is 140 Å². The lowest BCUT2D eigenvalue weighted by Crippen LogP contribution is -2.58. The van der Waals surface area contributed by atoms with Crippen molar-refractivity contribution < 1.29 is 4.79 Å². The molecular formula is C17H23IN2O. The van der Waals surface area contributed by atoms with Crippen LogP contribution in [0.3, 0.4) is 0 Å². The maximum absolute atomic E-state index is 12.8. The molecule has 0 spiro atoms. The van der Waals surface area contributed by atoms with Crippen LogP contribution in [0.5, 0.6) is 0 Å². The summed E-state index contributed by atoms with van der Waals surface area (Å²) in [4.78, 5) is 17.4. The standard InChI is InChI=1S/C17H23IN2O/c1-19(2)11-15(12-3-5-14(18)6-4-12)16-17(21)13-7-9-20(16)10-8-13/h3-6,13,15-16H,7-11H2,1-2H3. The number of ketones is 1. The number of nitrogens with zero attached hydrogens (tertiary/aromatic N) is 2. The molecule has 21 heavy (non-hydrogen) atoms. The van der Waals surface area contributed by atoms with Crippen molar-refractivity contribution in [1.82, 2.24) is 9.80 Å². The molecule has 3 fully saturated rings. The number of hydrogen-bond acceptors (Lipinski definition) is 3. The van der Waals surface area contributed by atoms with Crippen molar-refractivity contribution in [2.75, 3.05) is 33.7 Å². The zero-order chi connectivity index (χ0) is 15.0. The minimum Gasteiger partial charge on any atom is -0.309 e. The van der Waals surface area contributed by atoms with E-state index in [1.54, 1.807) is 0 Å². The Morgan fingerprint density at radius 2 is 1.86 bits per heavy atom. The van der Waals surface area contributed by atoms with Gasteiger partial charge in [0.05, 0.1) is 6.04 Å². The monoisotopic (exact) mass is 398 g/mol. The zero-order valence-electron chi connectivity index (χ0n) is 12.8. The molecule has 3 saturated heterocycles. The van der Waals surface area contributed by atoms with E-state index in [9.17, 15) is 4.79 Å². The number of Topliss-reactive ketones (excluding diaryl/α,β-unsaturated/α-hetero) is 1. The Morgan fingerprint density at radius 3 is 2.38 bits per heavy atom. The molecule has 3 heterocycles. The fourth-order valence-corrected chi connectivity index (χ4v) is 4.19. The van der Waals surface area contributed by atoms with E-state index in [2.05, 4.69) is 70.8 Å². The first-order chi connectivity index (χ1) is 10.1. The fourth-order valence-electron chi connectivity index (χ4n) is 3.83. The predicted octanol–water partition coefficient (Wildman–Crippen LogP) is 2.60. The van der Waals surface area contributed by atoms with Crippen molar-refractivity contribution in [3.8, 4) is 0 Å². The fraction of sp³-hybridized carbons (Fsp3) is 0.588. The third-order valence-corrected chi connectivity index (χ3v) is 5.58. The minimum atomic E-state index is 0.0833. The van der Waals surface area contributed by atoms with Crippen LogP contribution in [-0.2, 0) is 4.79 Å². The molecule has 3 nitrogen and oxygen atoms in total. The Balaban J connectivity index is 1.91. The third-order valence-electron chi connectivity index (χ3n) is 4.86. The first-order valence-corrected chi connectivity index (χ1v) is 8.82. The molecule has 0 aromatic heterocycles. The van der Waals surface area contributed by atoms with Crippen LogP contribution in [0.1, 0.15) is 24.3 Å². The van der Waals surface area contributed by atoms with Gasteiger partial charge in [0.1, 0.15) is 0 Å². The van der Waals surface area contributed by atoms with Crippen molar-refractivity contribution in [3.63, 3.8) is 0 Å². The molecule has 3 aliphatic heterocycles. The average molecular weight is 398 g/mol. The molecule has 0 N–H and O–H groups in total. The van der Waals surface area contributed by atoms with Crippen LogP contribution in [0, 0.1) is 9.49 Å². The van der Waals surface area contributed by atoms with Crippen LogP contribution in [0.4, 0.5) is 0 Å². The Kier molecular flexibility index (Phi) is 4.66. The van der Waals surface area contributed by atoms with E-state index in [0.717, 1.165) is 32.5 Å². The SMILES string of the molecule is CN(C)CC(c1ccc(I)cc1)C1C(=O)C2CCN1CC2. The number of hydrogen-bond donors (Lipinski definition) is 0. The second-order valence-corrected chi connectivity index (χ2v) is 7.82. The van der Waals surface area contributed by atoms with Crippen LogP contribution in [0.2, 0.25) is 0 Å². The van der Waals surface area contributed by atoms with E-state index in [1.807, 2.05) is 0 Å². The number of fused-ring (bicyclic) bond motifs is 3.